The Morgan fingerprint density at radius 3 is 2.79 bits per heavy atom. The largest absolute Gasteiger partial charge is 0.440 e. The molecule has 6 nitrogen and oxygen atoms in total. The molecule has 5 rings (SSSR count). The molecule has 7 heteroatoms. The van der Waals surface area contributed by atoms with E-state index < -0.39 is 0 Å². The molecule has 1 aromatic carbocycles. The monoisotopic (exact) mass is 400 g/mol. The minimum absolute atomic E-state index is 0.0458. The first-order valence-corrected chi connectivity index (χ1v) is 9.99. The van der Waals surface area contributed by atoms with Gasteiger partial charge >= 0.3 is 0 Å². The van der Waals surface area contributed by atoms with Gasteiger partial charge in [-0.1, -0.05) is 18.2 Å². The van der Waals surface area contributed by atoms with E-state index in [2.05, 4.69) is 5.32 Å². The average Bonchev–Trinajstić information content (AvgIpc) is 3.46. The lowest BCUT2D eigenvalue weighted by Gasteiger charge is -2.29. The van der Waals surface area contributed by atoms with Crippen molar-refractivity contribution in [2.24, 2.45) is 11.8 Å². The first kappa shape index (κ1) is 17.8. The quantitative estimate of drug-likeness (QED) is 0.856. The van der Waals surface area contributed by atoms with Gasteiger partial charge in [-0.25, -0.2) is 0 Å². The smallest absolute Gasteiger partial charge is 0.287 e. The van der Waals surface area contributed by atoms with Crippen molar-refractivity contribution < 1.29 is 18.7 Å². The zero-order valence-electron chi connectivity index (χ0n) is 15.3. The molecule has 0 radical (unpaired) electrons. The third-order valence-corrected chi connectivity index (χ3v) is 6.59. The fourth-order valence-corrected chi connectivity index (χ4v) is 5.26. The third kappa shape index (κ3) is 2.83. The molecule has 4 heterocycles. The molecule has 0 unspecified atom stereocenters. The van der Waals surface area contributed by atoms with E-state index in [4.69, 9.17) is 20.8 Å². The molecule has 0 aliphatic carbocycles. The first-order valence-electron chi connectivity index (χ1n) is 9.61. The van der Waals surface area contributed by atoms with Crippen LogP contribution in [-0.4, -0.2) is 48.1 Å². The minimum Gasteiger partial charge on any atom is -0.440 e. The second kappa shape index (κ2) is 6.64. The van der Waals surface area contributed by atoms with E-state index in [1.807, 2.05) is 35.2 Å². The van der Waals surface area contributed by atoms with Crippen LogP contribution in [0, 0.1) is 11.8 Å². The van der Waals surface area contributed by atoms with E-state index in [9.17, 15) is 9.59 Å². The van der Waals surface area contributed by atoms with Gasteiger partial charge in [-0.2, -0.15) is 0 Å². The van der Waals surface area contributed by atoms with Crippen molar-refractivity contribution in [3.63, 3.8) is 0 Å². The van der Waals surface area contributed by atoms with Crippen molar-refractivity contribution in [2.75, 3.05) is 19.6 Å². The lowest BCUT2D eigenvalue weighted by molar-refractivity contribution is 0.00316. The summed E-state index contributed by atoms with van der Waals surface area (Å²) in [5.41, 5.74) is 0.436. The molecule has 2 aromatic rings. The molecule has 1 spiro atoms. The van der Waals surface area contributed by atoms with Gasteiger partial charge in [0.15, 0.2) is 11.0 Å². The van der Waals surface area contributed by atoms with Crippen molar-refractivity contribution in [2.45, 2.75) is 24.5 Å². The molecule has 3 saturated heterocycles. The second-order valence-electron chi connectivity index (χ2n) is 7.90. The van der Waals surface area contributed by atoms with Gasteiger partial charge < -0.3 is 19.4 Å². The number of likely N-dealkylation sites (tertiary alicyclic amines) is 1. The van der Waals surface area contributed by atoms with Crippen LogP contribution in [0.25, 0.3) is 0 Å². The Bertz CT molecular complexity index is 914. The van der Waals surface area contributed by atoms with Crippen LogP contribution in [0.5, 0.6) is 0 Å². The van der Waals surface area contributed by atoms with E-state index in [1.54, 1.807) is 12.1 Å². The number of furan rings is 1. The Morgan fingerprint density at radius 1 is 1.21 bits per heavy atom. The number of halogens is 1. The van der Waals surface area contributed by atoms with E-state index in [1.165, 1.54) is 0 Å². The molecule has 146 valence electrons. The lowest BCUT2D eigenvalue weighted by Crippen LogP contribution is -2.41. The molecular weight excluding hydrogens is 380 g/mol. The Hall–Kier alpha value is -2.31. The maximum Gasteiger partial charge on any atom is 0.287 e. The third-order valence-electron chi connectivity index (χ3n) is 6.39. The Morgan fingerprint density at radius 2 is 2.04 bits per heavy atom. The van der Waals surface area contributed by atoms with Crippen LogP contribution in [0.15, 0.2) is 46.9 Å². The number of nitrogens with one attached hydrogen (secondary N) is 1. The number of amides is 2. The number of carbonyl (C=O) groups is 2. The van der Waals surface area contributed by atoms with Crippen LogP contribution in [-0.2, 0) is 4.74 Å². The van der Waals surface area contributed by atoms with E-state index >= 15 is 0 Å². The van der Waals surface area contributed by atoms with E-state index in [0.717, 1.165) is 12.8 Å². The minimum atomic E-state index is -0.279. The van der Waals surface area contributed by atoms with Crippen molar-refractivity contribution in [3.8, 4) is 0 Å². The molecule has 2 amide bonds. The predicted octanol–water partition coefficient (Wildman–Crippen LogP) is 2.98. The number of rotatable bonds is 4. The number of carbonyl (C=O) groups excluding carboxylic acids is 2. The van der Waals surface area contributed by atoms with Crippen LogP contribution >= 0.6 is 11.6 Å². The SMILES string of the molecule is O=C(NC[C@H]1[C@H]2CN(C(=O)c3ccccc3)C[C@]23CC[C@H]1O3)c1ccc(Cl)o1. The highest BCUT2D eigenvalue weighted by Gasteiger charge is 2.63. The zero-order valence-corrected chi connectivity index (χ0v) is 16.0. The summed E-state index contributed by atoms with van der Waals surface area (Å²) < 4.78 is 11.5. The summed E-state index contributed by atoms with van der Waals surface area (Å²) >= 11 is 5.75. The van der Waals surface area contributed by atoms with Crippen molar-refractivity contribution in [1.82, 2.24) is 10.2 Å². The summed E-state index contributed by atoms with van der Waals surface area (Å²) in [6.07, 6.45) is 2.08. The number of nitrogens with zero attached hydrogens (tertiary/aromatic N) is 1. The normalized spacial score (nSPS) is 30.5. The maximum absolute atomic E-state index is 12.9. The highest BCUT2D eigenvalue weighted by molar-refractivity contribution is 6.29. The fraction of sp³-hybridized carbons (Fsp3) is 0.429. The Balaban J connectivity index is 1.28. The summed E-state index contributed by atoms with van der Waals surface area (Å²) in [6.45, 7) is 1.79. The molecule has 28 heavy (non-hydrogen) atoms. The molecule has 3 aliphatic rings. The molecule has 0 saturated carbocycles. The molecule has 4 atom stereocenters. The van der Waals surface area contributed by atoms with Gasteiger partial charge in [0.2, 0.25) is 0 Å². The van der Waals surface area contributed by atoms with Crippen molar-refractivity contribution in [1.29, 1.82) is 0 Å². The van der Waals surface area contributed by atoms with Crippen LogP contribution in [0.2, 0.25) is 5.22 Å². The van der Waals surface area contributed by atoms with Gasteiger partial charge in [-0.3, -0.25) is 9.59 Å². The molecule has 2 bridgehead atoms. The summed E-state index contributed by atoms with van der Waals surface area (Å²) in [5.74, 6) is 0.399. The van der Waals surface area contributed by atoms with Gasteiger partial charge in [0.25, 0.3) is 11.8 Å². The van der Waals surface area contributed by atoms with Gasteiger partial charge in [0.05, 0.1) is 18.2 Å². The van der Waals surface area contributed by atoms with Gasteiger partial charge in [-0.15, -0.1) is 0 Å². The molecular formula is C21H21ClN2O4. The lowest BCUT2D eigenvalue weighted by atomic mass is 9.73. The molecule has 1 aromatic heterocycles. The topological polar surface area (TPSA) is 71.8 Å². The van der Waals surface area contributed by atoms with Gasteiger partial charge in [0, 0.05) is 30.5 Å². The van der Waals surface area contributed by atoms with Crippen LogP contribution in [0.1, 0.15) is 33.8 Å². The summed E-state index contributed by atoms with van der Waals surface area (Å²) in [6, 6.07) is 12.5. The van der Waals surface area contributed by atoms with E-state index in [-0.39, 0.29) is 46.3 Å². The molecule has 3 fully saturated rings. The molecule has 1 N–H and O–H groups in total. The summed E-state index contributed by atoms with van der Waals surface area (Å²) in [5, 5.41) is 3.14. The number of fused-ring (bicyclic) bond motifs is 1. The van der Waals surface area contributed by atoms with Gasteiger partial charge in [0.1, 0.15) is 0 Å². The number of hydrogen-bond donors (Lipinski definition) is 1. The number of hydrogen-bond acceptors (Lipinski definition) is 4. The standard InChI is InChI=1S/C21H21ClN2O4/c22-18-7-6-17(27-18)19(25)23-10-14-15-11-24(12-21(15)9-8-16(14)28-21)20(26)13-4-2-1-3-5-13/h1-7,14-16H,8-12H2,(H,23,25)/t14-,15+,16+,21+/m0/s1. The predicted molar refractivity (Wildman–Crippen MR) is 102 cm³/mol. The number of benzene rings is 1. The van der Waals surface area contributed by atoms with Crippen LogP contribution in [0.4, 0.5) is 0 Å². The Labute approximate surface area is 167 Å². The summed E-state index contributed by atoms with van der Waals surface area (Å²) in [4.78, 5) is 27.1. The maximum atomic E-state index is 12.9. The molecule has 3 aliphatic heterocycles. The Kier molecular flexibility index (Phi) is 4.21. The highest BCUT2D eigenvalue weighted by atomic mass is 35.5. The van der Waals surface area contributed by atoms with Crippen LogP contribution in [0.3, 0.4) is 0 Å². The van der Waals surface area contributed by atoms with Crippen LogP contribution < -0.4 is 5.32 Å². The number of ether oxygens (including phenoxy) is 1. The zero-order chi connectivity index (χ0) is 19.3. The first-order chi connectivity index (χ1) is 13.6. The van der Waals surface area contributed by atoms with E-state index in [0.29, 0.717) is 25.2 Å². The van der Waals surface area contributed by atoms with Gasteiger partial charge in [-0.05, 0) is 48.7 Å². The highest BCUT2D eigenvalue weighted by Crippen LogP contribution is 2.54. The summed E-state index contributed by atoms with van der Waals surface area (Å²) in [7, 11) is 0. The second-order valence-corrected chi connectivity index (χ2v) is 8.27. The van der Waals surface area contributed by atoms with Crippen molar-refractivity contribution in [3.05, 3.63) is 59.0 Å². The average molecular weight is 401 g/mol. The fourth-order valence-electron chi connectivity index (χ4n) is 5.12. The van der Waals surface area contributed by atoms with Crippen molar-refractivity contribution >= 4 is 23.4 Å².